The zero-order valence-corrected chi connectivity index (χ0v) is 10.7. The van der Waals surface area contributed by atoms with Gasteiger partial charge in [0.1, 0.15) is 5.82 Å². The molecule has 2 fully saturated rings. The highest BCUT2D eigenvalue weighted by Crippen LogP contribution is 2.35. The van der Waals surface area contributed by atoms with E-state index in [1.54, 1.807) is 0 Å². The highest BCUT2D eigenvalue weighted by atomic mass is 16.1. The number of hydrogen-bond acceptors (Lipinski definition) is 3. The lowest BCUT2D eigenvalue weighted by molar-refractivity contribution is 0.354. The first-order valence-corrected chi connectivity index (χ1v) is 7.04. The van der Waals surface area contributed by atoms with Crippen molar-refractivity contribution in [3.63, 3.8) is 0 Å². The van der Waals surface area contributed by atoms with Crippen molar-refractivity contribution < 1.29 is 0 Å². The van der Waals surface area contributed by atoms with Crippen molar-refractivity contribution in [1.82, 2.24) is 15.3 Å². The second-order valence-electron chi connectivity index (χ2n) is 5.77. The molecular formula is C15H17N3O. The van der Waals surface area contributed by atoms with Crippen LogP contribution in [0.2, 0.25) is 0 Å². The van der Waals surface area contributed by atoms with Gasteiger partial charge in [0.15, 0.2) is 0 Å². The largest absolute Gasteiger partial charge is 0.311 e. The van der Waals surface area contributed by atoms with Crippen LogP contribution < -0.4 is 10.9 Å². The zero-order chi connectivity index (χ0) is 12.8. The Bertz CT molecular complexity index is 666. The molecule has 0 aliphatic carbocycles. The van der Waals surface area contributed by atoms with Crippen LogP contribution in [0.5, 0.6) is 0 Å². The maximum Gasteiger partial charge on any atom is 0.258 e. The van der Waals surface area contributed by atoms with Gasteiger partial charge in [0.2, 0.25) is 0 Å². The fourth-order valence-electron chi connectivity index (χ4n) is 3.58. The molecule has 0 amide bonds. The number of fused-ring (bicyclic) bond motifs is 3. The first-order chi connectivity index (χ1) is 9.29. The number of piperidine rings is 1. The highest BCUT2D eigenvalue weighted by Gasteiger charge is 2.35. The molecule has 2 saturated heterocycles. The molecule has 1 aromatic heterocycles. The predicted molar refractivity (Wildman–Crippen MR) is 74.3 cm³/mol. The summed E-state index contributed by atoms with van der Waals surface area (Å²) in [5, 5.41) is 4.31. The van der Waals surface area contributed by atoms with Gasteiger partial charge in [-0.1, -0.05) is 12.1 Å². The number of aromatic nitrogens is 2. The Balaban J connectivity index is 1.77. The summed E-state index contributed by atoms with van der Waals surface area (Å²) in [6.45, 7) is 0. The Morgan fingerprint density at radius 3 is 2.63 bits per heavy atom. The summed E-state index contributed by atoms with van der Waals surface area (Å²) < 4.78 is 0. The molecule has 19 heavy (non-hydrogen) atoms. The van der Waals surface area contributed by atoms with Crippen molar-refractivity contribution in [2.45, 2.75) is 43.7 Å². The molecule has 2 aliphatic heterocycles. The third kappa shape index (κ3) is 1.87. The lowest BCUT2D eigenvalue weighted by Gasteiger charge is -2.28. The Kier molecular flexibility index (Phi) is 2.45. The van der Waals surface area contributed by atoms with E-state index in [0.717, 1.165) is 24.2 Å². The summed E-state index contributed by atoms with van der Waals surface area (Å²) in [5.41, 5.74) is 0.804. The fraction of sp³-hybridized carbons (Fsp3) is 0.467. The zero-order valence-electron chi connectivity index (χ0n) is 10.7. The maximum atomic E-state index is 12.1. The van der Waals surface area contributed by atoms with Gasteiger partial charge in [0.05, 0.1) is 10.9 Å². The van der Waals surface area contributed by atoms with Gasteiger partial charge in [-0.25, -0.2) is 4.98 Å². The molecule has 4 rings (SSSR count). The van der Waals surface area contributed by atoms with Crippen LogP contribution in [-0.4, -0.2) is 22.1 Å². The summed E-state index contributed by atoms with van der Waals surface area (Å²) in [7, 11) is 0. The summed E-state index contributed by atoms with van der Waals surface area (Å²) in [6, 6.07) is 8.79. The average Bonchev–Trinajstić information content (AvgIpc) is 2.77. The topological polar surface area (TPSA) is 57.8 Å². The molecule has 0 radical (unpaired) electrons. The van der Waals surface area contributed by atoms with E-state index in [2.05, 4.69) is 15.3 Å². The number of nitrogens with zero attached hydrogens (tertiary/aromatic N) is 1. The van der Waals surface area contributed by atoms with E-state index in [0.29, 0.717) is 23.4 Å². The van der Waals surface area contributed by atoms with Gasteiger partial charge in [-0.05, 0) is 37.8 Å². The van der Waals surface area contributed by atoms with Crippen LogP contribution in [0.3, 0.4) is 0 Å². The number of benzene rings is 1. The van der Waals surface area contributed by atoms with Crippen LogP contribution in [-0.2, 0) is 0 Å². The van der Waals surface area contributed by atoms with Crippen molar-refractivity contribution in [3.8, 4) is 0 Å². The molecule has 2 bridgehead atoms. The molecule has 2 unspecified atom stereocenters. The molecule has 2 N–H and O–H groups in total. The summed E-state index contributed by atoms with van der Waals surface area (Å²) >= 11 is 0. The third-order valence-corrected chi connectivity index (χ3v) is 4.49. The van der Waals surface area contributed by atoms with Gasteiger partial charge in [-0.2, -0.15) is 0 Å². The van der Waals surface area contributed by atoms with Gasteiger partial charge in [-0.15, -0.1) is 0 Å². The fourth-order valence-corrected chi connectivity index (χ4v) is 3.58. The normalized spacial score (nSPS) is 29.8. The summed E-state index contributed by atoms with van der Waals surface area (Å²) in [5.74, 6) is 1.28. The lowest BCUT2D eigenvalue weighted by atomic mass is 9.91. The van der Waals surface area contributed by atoms with E-state index in [1.807, 2.05) is 24.3 Å². The smallest absolute Gasteiger partial charge is 0.258 e. The molecule has 0 spiro atoms. The molecule has 2 aliphatic rings. The summed E-state index contributed by atoms with van der Waals surface area (Å²) in [4.78, 5) is 19.8. The molecule has 2 atom stereocenters. The SMILES string of the molecule is O=c1[nH]c(C2CC3CCC(C2)N3)nc2ccccc12. The van der Waals surface area contributed by atoms with Crippen LogP contribution in [0.1, 0.15) is 37.4 Å². The summed E-state index contributed by atoms with van der Waals surface area (Å²) in [6.07, 6.45) is 4.72. The van der Waals surface area contributed by atoms with E-state index in [9.17, 15) is 4.79 Å². The van der Waals surface area contributed by atoms with E-state index in [4.69, 9.17) is 0 Å². The second-order valence-corrected chi connectivity index (χ2v) is 5.77. The Morgan fingerprint density at radius 1 is 1.11 bits per heavy atom. The molecule has 2 aromatic rings. The van der Waals surface area contributed by atoms with Crippen LogP contribution in [0.4, 0.5) is 0 Å². The van der Waals surface area contributed by atoms with Crippen LogP contribution in [0.25, 0.3) is 10.9 Å². The van der Waals surface area contributed by atoms with Crippen LogP contribution in [0, 0.1) is 0 Å². The number of H-pyrrole nitrogens is 1. The molecule has 4 heteroatoms. The lowest BCUT2D eigenvalue weighted by Crippen LogP contribution is -2.38. The van der Waals surface area contributed by atoms with Crippen molar-refractivity contribution in [2.75, 3.05) is 0 Å². The quantitative estimate of drug-likeness (QED) is 0.818. The van der Waals surface area contributed by atoms with Gasteiger partial charge in [0.25, 0.3) is 5.56 Å². The van der Waals surface area contributed by atoms with E-state index < -0.39 is 0 Å². The Labute approximate surface area is 111 Å². The van der Waals surface area contributed by atoms with Crippen molar-refractivity contribution >= 4 is 10.9 Å². The minimum absolute atomic E-state index is 0.00789. The number of para-hydroxylation sites is 1. The molecule has 3 heterocycles. The van der Waals surface area contributed by atoms with Gasteiger partial charge in [0, 0.05) is 18.0 Å². The predicted octanol–water partition coefficient (Wildman–Crippen LogP) is 1.92. The monoisotopic (exact) mass is 255 g/mol. The molecule has 1 aromatic carbocycles. The van der Waals surface area contributed by atoms with E-state index in [1.165, 1.54) is 12.8 Å². The van der Waals surface area contributed by atoms with Crippen molar-refractivity contribution in [1.29, 1.82) is 0 Å². The number of aromatic amines is 1. The highest BCUT2D eigenvalue weighted by molar-refractivity contribution is 5.77. The van der Waals surface area contributed by atoms with E-state index >= 15 is 0 Å². The van der Waals surface area contributed by atoms with Gasteiger partial charge in [-0.3, -0.25) is 4.79 Å². The first-order valence-electron chi connectivity index (χ1n) is 7.04. The molecule has 0 saturated carbocycles. The van der Waals surface area contributed by atoms with Crippen molar-refractivity contribution in [3.05, 3.63) is 40.4 Å². The number of nitrogens with one attached hydrogen (secondary N) is 2. The number of hydrogen-bond donors (Lipinski definition) is 2. The van der Waals surface area contributed by atoms with Gasteiger partial charge >= 0.3 is 0 Å². The first kappa shape index (κ1) is 11.2. The standard InChI is InChI=1S/C15H17N3O/c19-15-12-3-1-2-4-13(12)17-14(18-15)9-7-10-5-6-11(8-9)16-10/h1-4,9-11,16H,5-8H2,(H,17,18,19). The minimum Gasteiger partial charge on any atom is -0.311 e. The maximum absolute atomic E-state index is 12.1. The van der Waals surface area contributed by atoms with Crippen LogP contribution in [0.15, 0.2) is 29.1 Å². The molecular weight excluding hydrogens is 238 g/mol. The molecule has 4 nitrogen and oxygen atoms in total. The van der Waals surface area contributed by atoms with Gasteiger partial charge < -0.3 is 10.3 Å². The number of rotatable bonds is 1. The van der Waals surface area contributed by atoms with Crippen molar-refractivity contribution in [2.24, 2.45) is 0 Å². The van der Waals surface area contributed by atoms with E-state index in [-0.39, 0.29) is 5.56 Å². The molecule has 98 valence electrons. The third-order valence-electron chi connectivity index (χ3n) is 4.49. The average molecular weight is 255 g/mol. The Hall–Kier alpha value is -1.68. The second kappa shape index (κ2) is 4.17. The Morgan fingerprint density at radius 2 is 1.84 bits per heavy atom. The van der Waals surface area contributed by atoms with Crippen LogP contribution >= 0.6 is 0 Å². The minimum atomic E-state index is -0.00789.